The van der Waals surface area contributed by atoms with Crippen LogP contribution in [-0.4, -0.2) is 54.3 Å². The number of aromatic nitrogens is 3. The van der Waals surface area contributed by atoms with Crippen LogP contribution in [0.3, 0.4) is 0 Å². The number of fused-ring (bicyclic) bond motifs is 1. The first kappa shape index (κ1) is 29.4. The molecule has 9 heteroatoms. The zero-order valence-corrected chi connectivity index (χ0v) is 25.1. The van der Waals surface area contributed by atoms with Gasteiger partial charge in [-0.1, -0.05) is 62.4 Å². The molecule has 0 aliphatic heterocycles. The minimum absolute atomic E-state index is 0.0881. The molecule has 0 spiro atoms. The number of rotatable bonds is 13. The first-order valence-electron chi connectivity index (χ1n) is 14.0. The summed E-state index contributed by atoms with van der Waals surface area (Å²) in [6, 6.07) is 22.1. The molecular formula is C31H40N4O4Si. The van der Waals surface area contributed by atoms with Gasteiger partial charge in [0.15, 0.2) is 0 Å². The van der Waals surface area contributed by atoms with Gasteiger partial charge in [-0.3, -0.25) is 4.79 Å². The van der Waals surface area contributed by atoms with E-state index in [0.717, 1.165) is 34.6 Å². The molecule has 1 heterocycles. The minimum atomic E-state index is -2.22. The van der Waals surface area contributed by atoms with E-state index in [1.54, 1.807) is 6.07 Å². The second kappa shape index (κ2) is 12.8. The number of benzene rings is 3. The van der Waals surface area contributed by atoms with E-state index in [0.29, 0.717) is 31.0 Å². The lowest BCUT2D eigenvalue weighted by molar-refractivity contribution is -0.120. The Labute approximate surface area is 237 Å². The highest BCUT2D eigenvalue weighted by Crippen LogP contribution is 2.40. The highest BCUT2D eigenvalue weighted by Gasteiger charge is 2.31. The Morgan fingerprint density at radius 2 is 1.57 bits per heavy atom. The average molecular weight is 561 g/mol. The molecule has 3 aromatic carbocycles. The van der Waals surface area contributed by atoms with Gasteiger partial charge in [0.05, 0.1) is 6.42 Å². The maximum atomic E-state index is 13.0. The van der Waals surface area contributed by atoms with Gasteiger partial charge in [0, 0.05) is 30.7 Å². The molecule has 0 saturated carbocycles. The molecule has 0 aliphatic rings. The molecular weight excluding hydrogens is 520 g/mol. The Morgan fingerprint density at radius 1 is 0.975 bits per heavy atom. The zero-order valence-electron chi connectivity index (χ0n) is 24.1. The lowest BCUT2D eigenvalue weighted by atomic mass is 9.76. The summed E-state index contributed by atoms with van der Waals surface area (Å²) in [7, 11) is -2.22. The molecule has 8 nitrogen and oxygen atoms in total. The highest BCUT2D eigenvalue weighted by atomic mass is 28.4. The van der Waals surface area contributed by atoms with Crippen LogP contribution in [0.4, 0.5) is 0 Å². The Balaban J connectivity index is 1.60. The zero-order chi connectivity index (χ0) is 28.8. The second-order valence-corrected chi connectivity index (χ2v) is 14.0. The van der Waals surface area contributed by atoms with Crippen molar-refractivity contribution in [2.75, 3.05) is 19.8 Å². The Bertz CT molecular complexity index is 1400. The maximum Gasteiger partial charge on any atom is 0.334 e. The predicted octanol–water partition coefficient (Wildman–Crippen LogP) is 5.65. The SMILES string of the molecule is CCO[Si](C)(CCCNC(=O)Cc1cc(-n2nc3ccccc3n2)c(O)c(C(C)(C)c2ccccc2)c1)OCC. The summed E-state index contributed by atoms with van der Waals surface area (Å²) in [5, 5.41) is 23.8. The fraction of sp³-hybridized carbons (Fsp3) is 0.387. The van der Waals surface area contributed by atoms with Gasteiger partial charge < -0.3 is 19.3 Å². The van der Waals surface area contributed by atoms with Gasteiger partial charge in [-0.15, -0.1) is 15.0 Å². The van der Waals surface area contributed by atoms with Crippen molar-refractivity contribution in [2.45, 2.75) is 58.5 Å². The number of aromatic hydroxyl groups is 1. The van der Waals surface area contributed by atoms with Crippen molar-refractivity contribution in [3.8, 4) is 11.4 Å². The molecule has 0 unspecified atom stereocenters. The van der Waals surface area contributed by atoms with E-state index in [1.165, 1.54) is 4.80 Å². The predicted molar refractivity (Wildman–Crippen MR) is 160 cm³/mol. The van der Waals surface area contributed by atoms with E-state index >= 15 is 0 Å². The van der Waals surface area contributed by atoms with Crippen LogP contribution in [0.2, 0.25) is 12.6 Å². The van der Waals surface area contributed by atoms with Gasteiger partial charge in [-0.25, -0.2) is 0 Å². The van der Waals surface area contributed by atoms with Gasteiger partial charge in [0.25, 0.3) is 0 Å². The number of carbonyl (C=O) groups excluding carboxylic acids is 1. The molecule has 40 heavy (non-hydrogen) atoms. The normalized spacial score (nSPS) is 12.1. The summed E-state index contributed by atoms with van der Waals surface area (Å²) < 4.78 is 11.8. The first-order chi connectivity index (χ1) is 19.2. The molecule has 0 saturated heterocycles. The molecule has 4 aromatic rings. The molecule has 1 aromatic heterocycles. The summed E-state index contributed by atoms with van der Waals surface area (Å²) in [5.41, 5.74) is 3.88. The topological polar surface area (TPSA) is 98.5 Å². The Morgan fingerprint density at radius 3 is 2.17 bits per heavy atom. The van der Waals surface area contributed by atoms with Crippen LogP contribution in [-0.2, 0) is 25.5 Å². The van der Waals surface area contributed by atoms with Crippen molar-refractivity contribution in [1.82, 2.24) is 20.3 Å². The third-order valence-corrected chi connectivity index (χ3v) is 10.3. The number of hydrogen-bond acceptors (Lipinski definition) is 6. The smallest absolute Gasteiger partial charge is 0.334 e. The van der Waals surface area contributed by atoms with E-state index in [2.05, 4.69) is 35.9 Å². The maximum absolute atomic E-state index is 13.0. The van der Waals surface area contributed by atoms with Crippen LogP contribution in [0.25, 0.3) is 16.7 Å². The largest absolute Gasteiger partial charge is 0.505 e. The fourth-order valence-electron chi connectivity index (χ4n) is 5.07. The van der Waals surface area contributed by atoms with Gasteiger partial charge in [0.2, 0.25) is 5.91 Å². The number of nitrogens with one attached hydrogen (secondary N) is 1. The number of phenolic OH excluding ortho intramolecular Hbond substituents is 1. The van der Waals surface area contributed by atoms with Gasteiger partial charge in [-0.05, 0) is 62.2 Å². The summed E-state index contributed by atoms with van der Waals surface area (Å²) >= 11 is 0. The monoisotopic (exact) mass is 560 g/mol. The molecule has 212 valence electrons. The minimum Gasteiger partial charge on any atom is -0.505 e. The summed E-state index contributed by atoms with van der Waals surface area (Å²) in [6.45, 7) is 12.0. The van der Waals surface area contributed by atoms with E-state index in [9.17, 15) is 9.90 Å². The lowest BCUT2D eigenvalue weighted by Crippen LogP contribution is -2.39. The number of nitrogens with zero attached hydrogens (tertiary/aromatic N) is 3. The van der Waals surface area contributed by atoms with Gasteiger partial charge in [0.1, 0.15) is 22.5 Å². The quantitative estimate of drug-likeness (QED) is 0.162. The van der Waals surface area contributed by atoms with E-state index in [-0.39, 0.29) is 18.1 Å². The number of hydrogen-bond donors (Lipinski definition) is 2. The van der Waals surface area contributed by atoms with Crippen molar-refractivity contribution in [1.29, 1.82) is 0 Å². The molecule has 4 rings (SSSR count). The van der Waals surface area contributed by atoms with Crippen LogP contribution in [0, 0.1) is 0 Å². The number of amides is 1. The molecule has 0 radical (unpaired) electrons. The van der Waals surface area contributed by atoms with Crippen LogP contribution in [0.1, 0.15) is 50.8 Å². The number of carbonyl (C=O) groups is 1. The van der Waals surface area contributed by atoms with E-state index < -0.39 is 14.0 Å². The van der Waals surface area contributed by atoms with E-state index in [4.69, 9.17) is 8.85 Å². The van der Waals surface area contributed by atoms with Crippen molar-refractivity contribution in [3.63, 3.8) is 0 Å². The third-order valence-electron chi connectivity index (χ3n) is 7.21. The lowest BCUT2D eigenvalue weighted by Gasteiger charge is -2.28. The third kappa shape index (κ3) is 6.78. The standard InChI is InChI=1S/C31H40N4O4Si/c1-6-38-40(5,39-7-2)19-13-18-32-29(36)22-23-20-25(31(3,4)24-14-9-8-10-15-24)30(37)28(21-23)35-33-26-16-11-12-17-27(26)34-35/h8-12,14-17,20-21,37H,6-7,13,18-19,22H2,1-5H3,(H,32,36). The van der Waals surface area contributed by atoms with Crippen LogP contribution < -0.4 is 5.32 Å². The van der Waals surface area contributed by atoms with Crippen molar-refractivity contribution in [2.24, 2.45) is 0 Å². The summed E-state index contributed by atoms with van der Waals surface area (Å²) in [4.78, 5) is 14.5. The van der Waals surface area contributed by atoms with Crippen LogP contribution >= 0.6 is 0 Å². The van der Waals surface area contributed by atoms with Gasteiger partial charge >= 0.3 is 8.56 Å². The van der Waals surface area contributed by atoms with Crippen molar-refractivity contribution >= 4 is 25.5 Å². The Hall–Kier alpha value is -3.53. The average Bonchev–Trinajstić information content (AvgIpc) is 3.37. The second-order valence-electron chi connectivity index (χ2n) is 10.6. The van der Waals surface area contributed by atoms with E-state index in [1.807, 2.05) is 74.5 Å². The number of phenols is 1. The van der Waals surface area contributed by atoms with Crippen molar-refractivity contribution < 1.29 is 18.8 Å². The van der Waals surface area contributed by atoms with Crippen LogP contribution in [0.15, 0.2) is 66.7 Å². The molecule has 0 atom stereocenters. The molecule has 0 aliphatic carbocycles. The highest BCUT2D eigenvalue weighted by molar-refractivity contribution is 6.66. The Kier molecular flexibility index (Phi) is 9.39. The molecule has 0 bridgehead atoms. The molecule has 0 fully saturated rings. The van der Waals surface area contributed by atoms with Crippen molar-refractivity contribution in [3.05, 3.63) is 83.4 Å². The van der Waals surface area contributed by atoms with Gasteiger partial charge in [-0.2, -0.15) is 0 Å². The first-order valence-corrected chi connectivity index (χ1v) is 16.5. The van der Waals surface area contributed by atoms with Crippen LogP contribution in [0.5, 0.6) is 5.75 Å². The molecule has 1 amide bonds. The molecule has 2 N–H and O–H groups in total. The fourth-order valence-corrected chi connectivity index (χ4v) is 7.48. The summed E-state index contributed by atoms with van der Waals surface area (Å²) in [5.74, 6) is 0.00397. The summed E-state index contributed by atoms with van der Waals surface area (Å²) in [6.07, 6.45) is 0.947.